The quantitative estimate of drug-likeness (QED) is 0.0606. The third kappa shape index (κ3) is 25.9. The molecule has 466 valence electrons. The van der Waals surface area contributed by atoms with Crippen LogP contribution in [0.2, 0.25) is 141 Å². The van der Waals surface area contributed by atoms with Crippen LogP contribution in [0, 0.1) is 0 Å². The van der Waals surface area contributed by atoms with E-state index in [2.05, 4.69) is 193 Å². The first-order valence-corrected chi connectivity index (χ1v) is 53.7. The summed E-state index contributed by atoms with van der Waals surface area (Å²) >= 11 is 0. The molecule has 1 atom stereocenters. The minimum atomic E-state index is -5.87. The Balaban J connectivity index is 0.000000564. The van der Waals surface area contributed by atoms with E-state index in [1.165, 1.54) is 59.2 Å². The highest BCUT2D eigenvalue weighted by molar-refractivity contribution is 7.09. The molecule has 4 aromatic rings. The monoisotopic (exact) mass is 1300 g/mol. The van der Waals surface area contributed by atoms with Crippen LogP contribution < -0.4 is 10.4 Å². The van der Waals surface area contributed by atoms with Gasteiger partial charge in [-0.15, -0.1) is 0 Å². The largest absolute Gasteiger partial charge is 0.432 e. The van der Waals surface area contributed by atoms with Gasteiger partial charge in [-0.3, -0.25) is 0 Å². The lowest BCUT2D eigenvalue weighted by molar-refractivity contribution is -0.376. The molecule has 4 rings (SSSR count). The maximum absolute atomic E-state index is 12.5. The number of hydrogen-bond acceptors (Lipinski definition) is 5. The van der Waals surface area contributed by atoms with E-state index in [9.17, 15) is 44.6 Å². The first kappa shape index (κ1) is 77.8. The molecule has 2 N–H and O–H groups in total. The van der Waals surface area contributed by atoms with Crippen molar-refractivity contribution >= 4 is 100 Å². The zero-order valence-corrected chi connectivity index (χ0v) is 60.9. The Morgan fingerprint density at radius 1 is 0.422 bits per heavy atom. The minimum absolute atomic E-state index is 0.0411. The summed E-state index contributed by atoms with van der Waals surface area (Å²) in [6.07, 6.45) is -9.40. The summed E-state index contributed by atoms with van der Waals surface area (Å²) in [5.41, 5.74) is -2.94. The number of benzene rings is 4. The summed E-state index contributed by atoms with van der Waals surface area (Å²) < 4.78 is 132. The summed E-state index contributed by atoms with van der Waals surface area (Å²) in [6, 6.07) is 29.9. The molecule has 5 nitrogen and oxygen atoms in total. The molecule has 0 aliphatic rings. The summed E-state index contributed by atoms with van der Waals surface area (Å²) in [5, 5.41) is 21.3. The zero-order valence-electron chi connectivity index (χ0n) is 52.9. The van der Waals surface area contributed by atoms with Crippen LogP contribution in [0.1, 0.15) is 40.3 Å². The third-order valence-corrected chi connectivity index (χ3v) is 42.2. The summed E-state index contributed by atoms with van der Waals surface area (Å²) in [4.78, 5) is 0. The van der Waals surface area contributed by atoms with Crippen LogP contribution >= 0.6 is 0 Å². The Morgan fingerprint density at radius 2 is 0.783 bits per heavy atom. The molecular weight excluding hydrogens is 1210 g/mol. The van der Waals surface area contributed by atoms with Gasteiger partial charge in [-0.25, -0.2) is 0 Å². The number of halogens is 9. The molecule has 0 radical (unpaired) electrons. The number of alkyl halides is 9. The zero-order chi connectivity index (χ0) is 64.9. The average molecular weight is 1310 g/mol. The van der Waals surface area contributed by atoms with Gasteiger partial charge in [-0.05, 0) is 105 Å². The van der Waals surface area contributed by atoms with Crippen LogP contribution in [0.15, 0.2) is 123 Å². The van der Waals surface area contributed by atoms with E-state index in [0.717, 1.165) is 24.6 Å². The molecule has 0 fully saturated rings. The molecule has 0 saturated heterocycles. The number of rotatable bonds is 22. The van der Waals surface area contributed by atoms with E-state index >= 15 is 0 Å². The first-order valence-electron chi connectivity index (χ1n) is 27.8. The van der Waals surface area contributed by atoms with Gasteiger partial charge in [-0.1, -0.05) is 229 Å². The molecule has 0 amide bonds. The van der Waals surface area contributed by atoms with Gasteiger partial charge in [0.1, 0.15) is 0 Å². The first-order chi connectivity index (χ1) is 37.1. The Labute approximate surface area is 500 Å². The molecule has 4 aromatic carbocycles. The topological polar surface area (TPSA) is 68.2 Å². The van der Waals surface area contributed by atoms with Crippen LogP contribution in [0.3, 0.4) is 0 Å². The second kappa shape index (κ2) is 29.6. The Bertz CT molecular complexity index is 2520. The molecule has 0 saturated carbocycles. The molecule has 0 aliphatic heterocycles. The van der Waals surface area contributed by atoms with Crippen molar-refractivity contribution in [3.63, 3.8) is 0 Å². The lowest BCUT2D eigenvalue weighted by atomic mass is 9.91. The second-order valence-electron chi connectivity index (χ2n) is 28.0. The van der Waals surface area contributed by atoms with E-state index < -0.39 is 101 Å². The lowest BCUT2D eigenvalue weighted by Gasteiger charge is -2.42. The lowest BCUT2D eigenvalue weighted by Crippen LogP contribution is -2.66. The van der Waals surface area contributed by atoms with Crippen molar-refractivity contribution in [3.8, 4) is 0 Å². The predicted octanol–water partition coefficient (Wildman–Crippen LogP) is 18.9. The minimum Gasteiger partial charge on any atom is -0.432 e. The SMILES string of the molecule is C=Cc1ccc(C(C)(O)C(F)(F)F)cc1.C=Cc1ccc([Si](CC[Si](C)(C)C)(C[Si](C)(C)C)C[Si](C)(C)C)cc1.C=Cc1ccc([Si](CO[Si](C)(C)C)(O[Si](C)(C)C)O[Si](C)(C)C)cc1.C=Cc1cccc(C(O)(C(F)(F)F)C(F)(F)F)c1. The van der Waals surface area contributed by atoms with Crippen LogP contribution in [0.4, 0.5) is 39.5 Å². The Hall–Kier alpha value is -3.25. The fourth-order valence-electron chi connectivity index (χ4n) is 9.15. The maximum Gasteiger partial charge on any atom is 0.430 e. The van der Waals surface area contributed by atoms with Gasteiger partial charge >= 0.3 is 27.1 Å². The van der Waals surface area contributed by atoms with Crippen molar-refractivity contribution in [2.24, 2.45) is 0 Å². The molecule has 0 aromatic heterocycles. The fourth-order valence-corrected chi connectivity index (χ4v) is 49.3. The van der Waals surface area contributed by atoms with Crippen molar-refractivity contribution in [2.75, 3.05) is 6.23 Å². The summed E-state index contributed by atoms with van der Waals surface area (Å²) in [6.45, 7) is 58.5. The second-order valence-corrected chi connectivity index (χ2v) is 67.3. The van der Waals surface area contributed by atoms with E-state index in [0.29, 0.717) is 23.9 Å². The van der Waals surface area contributed by atoms with Crippen molar-refractivity contribution in [1.29, 1.82) is 0 Å². The van der Waals surface area contributed by atoms with E-state index in [1.807, 2.05) is 12.2 Å². The third-order valence-electron chi connectivity index (χ3n) is 12.7. The maximum atomic E-state index is 12.5. The molecule has 0 aliphatic carbocycles. The molecular formula is C61H97F9O5Si8. The van der Waals surface area contributed by atoms with Gasteiger partial charge in [0.2, 0.25) is 0 Å². The van der Waals surface area contributed by atoms with Gasteiger partial charge in [0, 0.05) is 29.8 Å². The van der Waals surface area contributed by atoms with Gasteiger partial charge in [0.25, 0.3) is 5.60 Å². The van der Waals surface area contributed by atoms with E-state index in [1.54, 1.807) is 16.5 Å². The highest BCUT2D eigenvalue weighted by Crippen LogP contribution is 2.50. The van der Waals surface area contributed by atoms with Crippen molar-refractivity contribution in [1.82, 2.24) is 0 Å². The predicted molar refractivity (Wildman–Crippen MR) is 356 cm³/mol. The van der Waals surface area contributed by atoms with Crippen molar-refractivity contribution < 1.29 is 62.4 Å². The number of hydrogen-bond donors (Lipinski definition) is 2. The van der Waals surface area contributed by atoms with Gasteiger partial charge in [-0.2, -0.15) is 39.5 Å². The van der Waals surface area contributed by atoms with Crippen LogP contribution in [-0.4, -0.2) is 101 Å². The van der Waals surface area contributed by atoms with Crippen LogP contribution in [0.5, 0.6) is 0 Å². The van der Waals surface area contributed by atoms with E-state index in [-0.39, 0.29) is 11.1 Å². The highest BCUT2D eigenvalue weighted by atomic mass is 28.5. The standard InChI is InChI=1S/C21H42Si4.C18H36O3Si4.C11H8F6O.C11H11F3O/c1-11-20-12-14-21(15-13-20)25(18-23(5,6)7,19-24(8,9)10)17-16-22(2,3)4;1-11-17-12-14-18(15-13-17)25(20-23(5,6)7,21-24(8,9)10)16-19-22(2,3)4;1-2-7-4-3-5-8(6-7)9(18,10(12,13)14)11(15,16)17;1-3-8-4-6-9(7-5-8)10(2,15)11(12,13)14/h11-15H,1,16-19H2,2-10H3;11-15H,1,16H2,2-10H3;2-6,18H,1H2;3-7,15H,1H2,2H3. The summed E-state index contributed by atoms with van der Waals surface area (Å²) in [5.74, 6) is 0. The molecule has 22 heteroatoms. The highest BCUT2D eigenvalue weighted by Gasteiger charge is 2.71. The Morgan fingerprint density at radius 3 is 1.08 bits per heavy atom. The molecule has 83 heavy (non-hydrogen) atoms. The fraction of sp³-hybridized carbons (Fsp3) is 0.475. The molecule has 0 heterocycles. The van der Waals surface area contributed by atoms with Gasteiger partial charge < -0.3 is 22.9 Å². The van der Waals surface area contributed by atoms with Crippen LogP contribution in [0.25, 0.3) is 24.3 Å². The Kier molecular flexibility index (Phi) is 27.8. The smallest absolute Gasteiger partial charge is 0.430 e. The number of aliphatic hydroxyl groups is 2. The van der Waals surface area contributed by atoms with Crippen LogP contribution in [-0.2, 0) is 23.9 Å². The molecule has 0 bridgehead atoms. The van der Waals surface area contributed by atoms with Gasteiger partial charge in [0.15, 0.2) is 30.6 Å². The summed E-state index contributed by atoms with van der Waals surface area (Å²) in [7, 11) is -12.7. The normalized spacial score (nSPS) is 14.1. The van der Waals surface area contributed by atoms with Gasteiger partial charge in [0.05, 0.1) is 14.3 Å². The molecule has 0 spiro atoms. The van der Waals surface area contributed by atoms with E-state index in [4.69, 9.17) is 17.8 Å². The van der Waals surface area contributed by atoms with Crippen molar-refractivity contribution in [2.45, 2.75) is 178 Å². The van der Waals surface area contributed by atoms with Crippen molar-refractivity contribution in [3.05, 3.63) is 157 Å². The molecule has 1 unspecified atom stereocenters. The average Bonchev–Trinajstić information content (AvgIpc) is 3.32.